The van der Waals surface area contributed by atoms with E-state index in [9.17, 15) is 18.0 Å². The fourth-order valence-corrected chi connectivity index (χ4v) is 2.49. The van der Waals surface area contributed by atoms with Gasteiger partial charge < -0.3 is 10.4 Å². The molecule has 104 valence electrons. The Balaban J connectivity index is 2.84. The summed E-state index contributed by atoms with van der Waals surface area (Å²) >= 11 is 0. The molecule has 0 aromatic heterocycles. The minimum Gasteiger partial charge on any atom is -0.480 e. The Kier molecular flexibility index (Phi) is 5.02. The van der Waals surface area contributed by atoms with E-state index in [1.54, 1.807) is 6.07 Å². The van der Waals surface area contributed by atoms with Crippen LogP contribution in [-0.2, 0) is 19.6 Å². The van der Waals surface area contributed by atoms with Crippen LogP contribution in [0.2, 0.25) is 0 Å². The molecule has 1 rings (SSSR count). The third kappa shape index (κ3) is 4.68. The summed E-state index contributed by atoms with van der Waals surface area (Å²) < 4.78 is 25.8. The number of hydrogen-bond acceptors (Lipinski definition) is 4. The summed E-state index contributed by atoms with van der Waals surface area (Å²) in [5.41, 5.74) is 0. The van der Waals surface area contributed by atoms with Gasteiger partial charge in [0.1, 0.15) is 6.04 Å². The molecule has 1 atom stereocenters. The molecule has 1 aromatic rings. The second-order valence-corrected chi connectivity index (χ2v) is 5.48. The Morgan fingerprint density at radius 3 is 2.32 bits per heavy atom. The summed E-state index contributed by atoms with van der Waals surface area (Å²) in [5.74, 6) is -1.81. The second-order valence-electron chi connectivity index (χ2n) is 3.76. The van der Waals surface area contributed by atoms with Crippen LogP contribution in [0.4, 0.5) is 0 Å². The molecule has 0 saturated heterocycles. The van der Waals surface area contributed by atoms with Gasteiger partial charge in [0.05, 0.1) is 4.90 Å². The fourth-order valence-electron chi connectivity index (χ4n) is 1.28. The standard InChI is InChI=1S/C11H14N2O5S/c1-8(14)12-7-10(11(15)16)13-19(17,18)9-5-3-2-4-6-9/h2-6,10,13H,7H2,1H3,(H,12,14)(H,15,16)/t10-/m1/s1. The molecule has 0 unspecified atom stereocenters. The molecule has 0 fully saturated rings. The van der Waals surface area contributed by atoms with Gasteiger partial charge in [-0.2, -0.15) is 4.72 Å². The number of carbonyl (C=O) groups excluding carboxylic acids is 1. The SMILES string of the molecule is CC(=O)NC[C@@H](NS(=O)(=O)c1ccccc1)C(=O)O. The number of nitrogens with one attached hydrogen (secondary N) is 2. The first kappa shape index (κ1) is 15.1. The van der Waals surface area contributed by atoms with Crippen molar-refractivity contribution in [3.8, 4) is 0 Å². The Labute approximate surface area is 110 Å². The van der Waals surface area contributed by atoms with Crippen molar-refractivity contribution in [3.63, 3.8) is 0 Å². The highest BCUT2D eigenvalue weighted by molar-refractivity contribution is 7.89. The topological polar surface area (TPSA) is 113 Å². The van der Waals surface area contributed by atoms with Crippen molar-refractivity contribution in [2.75, 3.05) is 6.54 Å². The summed E-state index contributed by atoms with van der Waals surface area (Å²) in [4.78, 5) is 21.6. The smallest absolute Gasteiger partial charge is 0.323 e. The van der Waals surface area contributed by atoms with Crippen molar-refractivity contribution in [1.29, 1.82) is 0 Å². The predicted octanol–water partition coefficient (Wildman–Crippen LogP) is -0.446. The first-order valence-corrected chi connectivity index (χ1v) is 6.86. The van der Waals surface area contributed by atoms with Gasteiger partial charge in [-0.1, -0.05) is 18.2 Å². The van der Waals surface area contributed by atoms with Gasteiger partial charge in [0.15, 0.2) is 0 Å². The van der Waals surface area contributed by atoms with Gasteiger partial charge in [-0.25, -0.2) is 8.42 Å². The van der Waals surface area contributed by atoms with Gasteiger partial charge >= 0.3 is 5.97 Å². The number of hydrogen-bond donors (Lipinski definition) is 3. The van der Waals surface area contributed by atoms with Crippen LogP contribution in [0.15, 0.2) is 35.2 Å². The molecule has 0 bridgehead atoms. The van der Waals surface area contributed by atoms with Gasteiger partial charge in [0.2, 0.25) is 15.9 Å². The number of rotatable bonds is 6. The normalized spacial score (nSPS) is 12.7. The summed E-state index contributed by atoms with van der Waals surface area (Å²) in [6.07, 6.45) is 0. The largest absolute Gasteiger partial charge is 0.480 e. The summed E-state index contributed by atoms with van der Waals surface area (Å²) in [5, 5.41) is 11.2. The minimum absolute atomic E-state index is 0.0379. The highest BCUT2D eigenvalue weighted by Gasteiger charge is 2.25. The monoisotopic (exact) mass is 286 g/mol. The zero-order valence-electron chi connectivity index (χ0n) is 10.2. The maximum atomic E-state index is 11.9. The van der Waals surface area contributed by atoms with Crippen molar-refractivity contribution >= 4 is 21.9 Å². The number of carboxylic acid groups (broad SMARTS) is 1. The molecule has 0 aliphatic carbocycles. The Morgan fingerprint density at radius 2 is 1.84 bits per heavy atom. The molecule has 0 saturated carbocycles. The van der Waals surface area contributed by atoms with Crippen molar-refractivity contribution in [3.05, 3.63) is 30.3 Å². The van der Waals surface area contributed by atoms with Crippen LogP contribution in [0.5, 0.6) is 0 Å². The van der Waals surface area contributed by atoms with E-state index < -0.39 is 27.9 Å². The first-order chi connectivity index (χ1) is 8.83. The van der Waals surface area contributed by atoms with Crippen molar-refractivity contribution in [2.45, 2.75) is 17.9 Å². The van der Waals surface area contributed by atoms with Crippen LogP contribution in [0, 0.1) is 0 Å². The van der Waals surface area contributed by atoms with Crippen LogP contribution in [0.25, 0.3) is 0 Å². The molecule has 1 amide bonds. The summed E-state index contributed by atoms with van der Waals surface area (Å²) in [7, 11) is -3.93. The van der Waals surface area contributed by atoms with E-state index in [1.807, 2.05) is 4.72 Å². The van der Waals surface area contributed by atoms with Crippen LogP contribution in [0.1, 0.15) is 6.92 Å². The summed E-state index contributed by atoms with van der Waals surface area (Å²) in [6.45, 7) is 0.890. The third-order valence-corrected chi connectivity index (χ3v) is 3.69. The lowest BCUT2D eigenvalue weighted by Crippen LogP contribution is -2.47. The predicted molar refractivity (Wildman–Crippen MR) is 66.9 cm³/mol. The van der Waals surface area contributed by atoms with E-state index in [0.29, 0.717) is 0 Å². The Bertz CT molecular complexity index is 556. The number of aliphatic carboxylic acids is 1. The highest BCUT2D eigenvalue weighted by Crippen LogP contribution is 2.07. The lowest BCUT2D eigenvalue weighted by atomic mass is 10.3. The molecular formula is C11H14N2O5S. The molecule has 3 N–H and O–H groups in total. The Morgan fingerprint density at radius 1 is 1.26 bits per heavy atom. The van der Waals surface area contributed by atoms with Crippen LogP contribution >= 0.6 is 0 Å². The van der Waals surface area contributed by atoms with E-state index in [4.69, 9.17) is 5.11 Å². The molecule has 0 aliphatic heterocycles. The highest BCUT2D eigenvalue weighted by atomic mass is 32.2. The fraction of sp³-hybridized carbons (Fsp3) is 0.273. The number of carboxylic acids is 1. The molecule has 1 aromatic carbocycles. The molecular weight excluding hydrogens is 272 g/mol. The Hall–Kier alpha value is -1.93. The van der Waals surface area contributed by atoms with Gasteiger partial charge in [0, 0.05) is 13.5 Å². The maximum absolute atomic E-state index is 11.9. The number of benzene rings is 1. The van der Waals surface area contributed by atoms with E-state index in [-0.39, 0.29) is 11.4 Å². The van der Waals surface area contributed by atoms with Crippen molar-refractivity contribution < 1.29 is 23.1 Å². The van der Waals surface area contributed by atoms with Crippen LogP contribution in [-0.4, -0.2) is 38.0 Å². The molecule has 8 heteroatoms. The first-order valence-electron chi connectivity index (χ1n) is 5.37. The van der Waals surface area contributed by atoms with Gasteiger partial charge in [-0.3, -0.25) is 9.59 Å². The van der Waals surface area contributed by atoms with E-state index in [0.717, 1.165) is 0 Å². The maximum Gasteiger partial charge on any atom is 0.323 e. The zero-order valence-corrected chi connectivity index (χ0v) is 11.0. The molecule has 0 radical (unpaired) electrons. The van der Waals surface area contributed by atoms with Crippen LogP contribution < -0.4 is 10.0 Å². The average Bonchev–Trinajstić information content (AvgIpc) is 2.35. The van der Waals surface area contributed by atoms with E-state index >= 15 is 0 Å². The van der Waals surface area contributed by atoms with Crippen molar-refractivity contribution in [1.82, 2.24) is 10.0 Å². The molecule has 19 heavy (non-hydrogen) atoms. The molecule has 0 spiro atoms. The quantitative estimate of drug-likeness (QED) is 0.656. The molecule has 0 heterocycles. The van der Waals surface area contributed by atoms with Gasteiger partial charge in [0.25, 0.3) is 0 Å². The molecule has 7 nitrogen and oxygen atoms in total. The number of sulfonamides is 1. The second kappa shape index (κ2) is 6.30. The van der Waals surface area contributed by atoms with Crippen LogP contribution in [0.3, 0.4) is 0 Å². The van der Waals surface area contributed by atoms with Gasteiger partial charge in [-0.05, 0) is 12.1 Å². The third-order valence-electron chi connectivity index (χ3n) is 2.20. The van der Waals surface area contributed by atoms with E-state index in [2.05, 4.69) is 5.32 Å². The van der Waals surface area contributed by atoms with Crippen molar-refractivity contribution in [2.24, 2.45) is 0 Å². The van der Waals surface area contributed by atoms with Gasteiger partial charge in [-0.15, -0.1) is 0 Å². The lowest BCUT2D eigenvalue weighted by Gasteiger charge is -2.14. The average molecular weight is 286 g/mol. The zero-order chi connectivity index (χ0) is 14.5. The van der Waals surface area contributed by atoms with E-state index in [1.165, 1.54) is 31.2 Å². The lowest BCUT2D eigenvalue weighted by molar-refractivity contribution is -0.138. The molecule has 0 aliphatic rings. The minimum atomic E-state index is -3.93. The number of carbonyl (C=O) groups is 2. The summed E-state index contributed by atoms with van der Waals surface area (Å²) in [6, 6.07) is 5.97. The number of amides is 1.